The first-order chi connectivity index (χ1) is 7.75. The molecule has 0 saturated carbocycles. The van der Waals surface area contributed by atoms with Gasteiger partial charge in [0, 0.05) is 0 Å². The summed E-state index contributed by atoms with van der Waals surface area (Å²) in [5, 5.41) is 6.54. The Labute approximate surface area is 98.9 Å². The topological polar surface area (TPSA) is 42.8 Å². The van der Waals surface area contributed by atoms with Crippen molar-refractivity contribution in [3.05, 3.63) is 40.9 Å². The molecule has 1 N–H and O–H groups in total. The van der Waals surface area contributed by atoms with Gasteiger partial charge in [-0.3, -0.25) is 5.10 Å². The maximum atomic E-state index is 5.61. The standard InChI is InChI=1S/C11H13N3OS/c1-9-3-2-4-10(7-9)15-6-5-14-8-12-13-11(14)16/h2-4,7-8H,5-6H2,1H3,(H,13,16). The van der Waals surface area contributed by atoms with E-state index in [1.807, 2.05) is 35.8 Å². The van der Waals surface area contributed by atoms with Crippen LogP contribution in [0.4, 0.5) is 0 Å². The SMILES string of the molecule is Cc1cccc(OCCn2cn[nH]c2=S)c1. The Morgan fingerprint density at radius 3 is 3.06 bits per heavy atom. The van der Waals surface area contributed by atoms with Crippen LogP contribution >= 0.6 is 12.2 Å². The number of hydrogen-bond acceptors (Lipinski definition) is 3. The number of aromatic nitrogens is 3. The predicted molar refractivity (Wildman–Crippen MR) is 64.1 cm³/mol. The molecule has 0 unspecified atom stereocenters. The lowest BCUT2D eigenvalue weighted by Gasteiger charge is -2.06. The molecule has 0 amide bonds. The largest absolute Gasteiger partial charge is 0.492 e. The minimum Gasteiger partial charge on any atom is -0.492 e. The average molecular weight is 235 g/mol. The van der Waals surface area contributed by atoms with Crippen LogP contribution in [0.3, 0.4) is 0 Å². The van der Waals surface area contributed by atoms with Gasteiger partial charge in [-0.25, -0.2) is 0 Å². The van der Waals surface area contributed by atoms with Crippen molar-refractivity contribution < 1.29 is 4.74 Å². The minimum absolute atomic E-state index is 0.581. The fourth-order valence-electron chi connectivity index (χ4n) is 1.40. The van der Waals surface area contributed by atoms with Gasteiger partial charge in [0.1, 0.15) is 18.7 Å². The van der Waals surface area contributed by atoms with E-state index in [1.165, 1.54) is 5.56 Å². The lowest BCUT2D eigenvalue weighted by atomic mass is 10.2. The average Bonchev–Trinajstić information content (AvgIpc) is 2.65. The molecule has 0 spiro atoms. The van der Waals surface area contributed by atoms with Crippen molar-refractivity contribution in [1.29, 1.82) is 0 Å². The van der Waals surface area contributed by atoms with Gasteiger partial charge < -0.3 is 9.30 Å². The summed E-state index contributed by atoms with van der Waals surface area (Å²) in [4.78, 5) is 0. The predicted octanol–water partition coefficient (Wildman–Crippen LogP) is 2.33. The molecule has 0 bridgehead atoms. The molecule has 5 heteroatoms. The van der Waals surface area contributed by atoms with Crippen molar-refractivity contribution in [3.8, 4) is 5.75 Å². The number of hydrogen-bond donors (Lipinski definition) is 1. The third-order valence-electron chi connectivity index (χ3n) is 2.21. The maximum absolute atomic E-state index is 5.61. The second kappa shape index (κ2) is 4.94. The molecule has 1 aromatic carbocycles. The summed E-state index contributed by atoms with van der Waals surface area (Å²) < 4.78 is 8.06. The zero-order valence-corrected chi connectivity index (χ0v) is 9.83. The number of ether oxygens (including phenoxy) is 1. The quantitative estimate of drug-likeness (QED) is 0.827. The van der Waals surface area contributed by atoms with E-state index in [9.17, 15) is 0 Å². The molecular formula is C11H13N3OS. The van der Waals surface area contributed by atoms with E-state index in [1.54, 1.807) is 6.33 Å². The Morgan fingerprint density at radius 1 is 1.50 bits per heavy atom. The molecule has 0 aliphatic heterocycles. The van der Waals surface area contributed by atoms with Gasteiger partial charge in [-0.2, -0.15) is 5.10 Å². The molecule has 1 aromatic heterocycles. The number of rotatable bonds is 4. The summed E-state index contributed by atoms with van der Waals surface area (Å²) >= 11 is 5.03. The van der Waals surface area contributed by atoms with E-state index < -0.39 is 0 Å². The highest BCUT2D eigenvalue weighted by Crippen LogP contribution is 2.12. The molecule has 0 radical (unpaired) electrons. The van der Waals surface area contributed by atoms with Gasteiger partial charge in [-0.1, -0.05) is 12.1 Å². The first kappa shape index (κ1) is 10.9. The molecule has 2 aromatic rings. The Balaban J connectivity index is 1.89. The number of nitrogens with zero attached hydrogens (tertiary/aromatic N) is 2. The molecule has 0 aliphatic carbocycles. The summed E-state index contributed by atoms with van der Waals surface area (Å²) in [5.74, 6) is 0.884. The van der Waals surface area contributed by atoms with Crippen molar-refractivity contribution in [1.82, 2.24) is 14.8 Å². The lowest BCUT2D eigenvalue weighted by molar-refractivity contribution is 0.297. The molecule has 0 aliphatic rings. The van der Waals surface area contributed by atoms with E-state index in [0.29, 0.717) is 17.9 Å². The van der Waals surface area contributed by atoms with Gasteiger partial charge in [0.15, 0.2) is 4.77 Å². The highest BCUT2D eigenvalue weighted by molar-refractivity contribution is 7.71. The highest BCUT2D eigenvalue weighted by atomic mass is 32.1. The molecule has 1 heterocycles. The van der Waals surface area contributed by atoms with Gasteiger partial charge in [0.05, 0.1) is 6.54 Å². The second-order valence-electron chi connectivity index (χ2n) is 3.52. The van der Waals surface area contributed by atoms with Crippen LogP contribution in [0.2, 0.25) is 0 Å². The Hall–Kier alpha value is -1.62. The summed E-state index contributed by atoms with van der Waals surface area (Å²) in [5.41, 5.74) is 1.19. The van der Waals surface area contributed by atoms with Crippen LogP contribution in [0.1, 0.15) is 5.56 Å². The number of aryl methyl sites for hydroxylation is 1. The van der Waals surface area contributed by atoms with Crippen LogP contribution in [-0.2, 0) is 6.54 Å². The minimum atomic E-state index is 0.581. The first-order valence-corrected chi connectivity index (χ1v) is 5.46. The van der Waals surface area contributed by atoms with E-state index in [4.69, 9.17) is 17.0 Å². The van der Waals surface area contributed by atoms with Crippen LogP contribution in [-0.4, -0.2) is 21.4 Å². The van der Waals surface area contributed by atoms with Crippen molar-refractivity contribution in [2.45, 2.75) is 13.5 Å². The van der Waals surface area contributed by atoms with E-state index in [2.05, 4.69) is 10.2 Å². The van der Waals surface area contributed by atoms with Crippen LogP contribution in [0.5, 0.6) is 5.75 Å². The molecule has 0 fully saturated rings. The molecule has 4 nitrogen and oxygen atoms in total. The third kappa shape index (κ3) is 2.70. The smallest absolute Gasteiger partial charge is 0.195 e. The van der Waals surface area contributed by atoms with E-state index in [0.717, 1.165) is 5.75 Å². The van der Waals surface area contributed by atoms with Crippen molar-refractivity contribution in [3.63, 3.8) is 0 Å². The summed E-state index contributed by atoms with van der Waals surface area (Å²) in [6.07, 6.45) is 1.67. The molecule has 0 atom stereocenters. The number of H-pyrrole nitrogens is 1. The molecule has 84 valence electrons. The van der Waals surface area contributed by atoms with Crippen molar-refractivity contribution in [2.24, 2.45) is 0 Å². The second-order valence-corrected chi connectivity index (χ2v) is 3.91. The monoisotopic (exact) mass is 235 g/mol. The van der Waals surface area contributed by atoms with Crippen LogP contribution in [0, 0.1) is 11.7 Å². The fraction of sp³-hybridized carbons (Fsp3) is 0.273. The van der Waals surface area contributed by atoms with Gasteiger partial charge in [0.25, 0.3) is 0 Å². The fourth-order valence-corrected chi connectivity index (χ4v) is 1.59. The van der Waals surface area contributed by atoms with Gasteiger partial charge >= 0.3 is 0 Å². The first-order valence-electron chi connectivity index (χ1n) is 5.05. The van der Waals surface area contributed by atoms with Crippen LogP contribution < -0.4 is 4.74 Å². The summed E-state index contributed by atoms with van der Waals surface area (Å²) in [6, 6.07) is 7.98. The Morgan fingerprint density at radius 2 is 2.38 bits per heavy atom. The van der Waals surface area contributed by atoms with Crippen LogP contribution in [0.15, 0.2) is 30.6 Å². The maximum Gasteiger partial charge on any atom is 0.195 e. The van der Waals surface area contributed by atoms with E-state index >= 15 is 0 Å². The Kier molecular flexibility index (Phi) is 3.36. The Bertz CT molecular complexity index is 518. The highest BCUT2D eigenvalue weighted by Gasteiger charge is 1.96. The van der Waals surface area contributed by atoms with Gasteiger partial charge in [0.2, 0.25) is 0 Å². The lowest BCUT2D eigenvalue weighted by Crippen LogP contribution is -2.07. The molecular weight excluding hydrogens is 222 g/mol. The van der Waals surface area contributed by atoms with Crippen LogP contribution in [0.25, 0.3) is 0 Å². The summed E-state index contributed by atoms with van der Waals surface area (Å²) in [7, 11) is 0. The van der Waals surface area contributed by atoms with E-state index in [-0.39, 0.29) is 0 Å². The zero-order chi connectivity index (χ0) is 11.4. The molecule has 2 rings (SSSR count). The normalized spacial score (nSPS) is 10.3. The zero-order valence-electron chi connectivity index (χ0n) is 9.01. The number of benzene rings is 1. The molecule has 0 saturated heterocycles. The van der Waals surface area contributed by atoms with Gasteiger partial charge in [-0.15, -0.1) is 0 Å². The third-order valence-corrected chi connectivity index (χ3v) is 2.53. The van der Waals surface area contributed by atoms with Crippen molar-refractivity contribution >= 4 is 12.2 Å². The number of aromatic amines is 1. The summed E-state index contributed by atoms with van der Waals surface area (Å²) in [6.45, 7) is 3.32. The number of nitrogens with one attached hydrogen (secondary N) is 1. The van der Waals surface area contributed by atoms with Gasteiger partial charge in [-0.05, 0) is 36.8 Å². The van der Waals surface area contributed by atoms with Crippen molar-refractivity contribution in [2.75, 3.05) is 6.61 Å². The molecule has 16 heavy (non-hydrogen) atoms.